The average Bonchev–Trinajstić information content (AvgIpc) is 2.48. The fourth-order valence-electron chi connectivity index (χ4n) is 1.89. The van der Waals surface area contributed by atoms with Gasteiger partial charge in [0.25, 0.3) is 0 Å². The molecule has 3 N–H and O–H groups in total. The summed E-state index contributed by atoms with van der Waals surface area (Å²) in [4.78, 5) is 8.08. The maximum atomic E-state index is 7.27. The van der Waals surface area contributed by atoms with Crippen molar-refractivity contribution in [3.8, 4) is 11.6 Å². The summed E-state index contributed by atoms with van der Waals surface area (Å²) in [5.41, 5.74) is 5.65. The van der Waals surface area contributed by atoms with Gasteiger partial charge in [0.2, 0.25) is 5.88 Å². The van der Waals surface area contributed by atoms with Gasteiger partial charge in [-0.2, -0.15) is 0 Å². The van der Waals surface area contributed by atoms with Gasteiger partial charge < -0.3 is 10.5 Å². The Balaban J connectivity index is 1.87. The first-order chi connectivity index (χ1) is 10.1. The number of rotatable bonds is 3. The number of fused-ring (bicyclic) bond motifs is 1. The summed E-state index contributed by atoms with van der Waals surface area (Å²) in [5.74, 6) is 0.913. The van der Waals surface area contributed by atoms with Crippen LogP contribution in [0, 0.1) is 5.41 Å². The van der Waals surface area contributed by atoms with E-state index in [-0.39, 0.29) is 5.84 Å². The Morgan fingerprint density at radius 2 is 1.81 bits per heavy atom. The fourth-order valence-corrected chi connectivity index (χ4v) is 2.27. The predicted octanol–water partition coefficient (Wildman–Crippen LogP) is 3.47. The average molecular weight is 343 g/mol. The van der Waals surface area contributed by atoms with Crippen molar-refractivity contribution in [2.45, 2.75) is 0 Å². The van der Waals surface area contributed by atoms with Crippen LogP contribution < -0.4 is 10.5 Å². The van der Waals surface area contributed by atoms with Gasteiger partial charge in [0.05, 0.1) is 12.4 Å². The van der Waals surface area contributed by atoms with E-state index in [1.54, 1.807) is 0 Å². The molecule has 2 aromatic carbocycles. The molecule has 21 heavy (non-hydrogen) atoms. The summed E-state index contributed by atoms with van der Waals surface area (Å²) >= 11 is 3.45. The highest BCUT2D eigenvalue weighted by Crippen LogP contribution is 2.26. The third-order valence-corrected chi connectivity index (χ3v) is 3.39. The minimum Gasteiger partial charge on any atom is -0.437 e. The topological polar surface area (TPSA) is 84.9 Å². The molecule has 0 saturated carbocycles. The van der Waals surface area contributed by atoms with E-state index in [0.717, 1.165) is 15.2 Å². The van der Waals surface area contributed by atoms with Crippen molar-refractivity contribution in [2.75, 3.05) is 0 Å². The molecule has 0 saturated heterocycles. The van der Waals surface area contributed by atoms with E-state index >= 15 is 0 Å². The molecule has 5 nitrogen and oxygen atoms in total. The molecule has 3 rings (SSSR count). The summed E-state index contributed by atoms with van der Waals surface area (Å²) in [6.07, 6.45) is 2.86. The normalized spacial score (nSPS) is 10.5. The number of nitrogens with zero attached hydrogens (tertiary/aromatic N) is 2. The van der Waals surface area contributed by atoms with E-state index in [1.165, 1.54) is 12.4 Å². The first-order valence-electron chi connectivity index (χ1n) is 6.15. The lowest BCUT2D eigenvalue weighted by molar-refractivity contribution is 0.460. The zero-order valence-electron chi connectivity index (χ0n) is 10.9. The Morgan fingerprint density at radius 1 is 1.05 bits per heavy atom. The molecule has 0 fully saturated rings. The molecule has 104 valence electrons. The predicted molar refractivity (Wildman–Crippen MR) is 84.8 cm³/mol. The molecule has 0 spiro atoms. The smallest absolute Gasteiger partial charge is 0.237 e. The van der Waals surface area contributed by atoms with Gasteiger partial charge in [-0.15, -0.1) is 0 Å². The summed E-state index contributed by atoms with van der Waals surface area (Å²) in [5, 5.41) is 9.46. The van der Waals surface area contributed by atoms with Gasteiger partial charge in [0.1, 0.15) is 17.3 Å². The Labute approximate surface area is 129 Å². The van der Waals surface area contributed by atoms with E-state index in [4.69, 9.17) is 15.9 Å². The highest BCUT2D eigenvalue weighted by molar-refractivity contribution is 9.10. The van der Waals surface area contributed by atoms with Gasteiger partial charge >= 0.3 is 0 Å². The van der Waals surface area contributed by atoms with E-state index in [0.29, 0.717) is 17.3 Å². The van der Waals surface area contributed by atoms with Gasteiger partial charge in [0.15, 0.2) is 0 Å². The van der Waals surface area contributed by atoms with E-state index < -0.39 is 0 Å². The van der Waals surface area contributed by atoms with Crippen molar-refractivity contribution in [3.63, 3.8) is 0 Å². The number of hydrogen-bond acceptors (Lipinski definition) is 4. The second-order valence-electron chi connectivity index (χ2n) is 4.41. The lowest BCUT2D eigenvalue weighted by Crippen LogP contribution is -2.13. The second-order valence-corrected chi connectivity index (χ2v) is 5.32. The SMILES string of the molecule is N=C(N)c1cnc(Oc2ccc3cc(Br)ccc3c2)cn1. The number of benzene rings is 2. The molecular formula is C15H11BrN4O. The molecular weight excluding hydrogens is 332 g/mol. The minimum absolute atomic E-state index is 0.120. The van der Waals surface area contributed by atoms with Crippen molar-refractivity contribution < 1.29 is 4.74 Å². The maximum absolute atomic E-state index is 7.27. The first kappa shape index (κ1) is 13.5. The molecule has 0 bridgehead atoms. The monoisotopic (exact) mass is 342 g/mol. The third-order valence-electron chi connectivity index (χ3n) is 2.90. The number of ether oxygens (including phenoxy) is 1. The summed E-state index contributed by atoms with van der Waals surface area (Å²) in [7, 11) is 0. The molecule has 3 aromatic rings. The zero-order chi connectivity index (χ0) is 14.8. The molecule has 1 heterocycles. The van der Waals surface area contributed by atoms with Gasteiger partial charge in [-0.05, 0) is 35.0 Å². The van der Waals surface area contributed by atoms with Gasteiger partial charge in [-0.3, -0.25) is 5.41 Å². The van der Waals surface area contributed by atoms with Crippen LogP contribution in [0.15, 0.2) is 53.3 Å². The van der Waals surface area contributed by atoms with Crippen LogP contribution in [0.2, 0.25) is 0 Å². The number of halogens is 1. The van der Waals surface area contributed by atoms with Crippen LogP contribution in [0.4, 0.5) is 0 Å². The molecule has 0 radical (unpaired) electrons. The minimum atomic E-state index is -0.120. The molecule has 0 aliphatic heterocycles. The maximum Gasteiger partial charge on any atom is 0.237 e. The van der Waals surface area contributed by atoms with E-state index in [9.17, 15) is 0 Å². The van der Waals surface area contributed by atoms with Gasteiger partial charge in [-0.1, -0.05) is 28.1 Å². The first-order valence-corrected chi connectivity index (χ1v) is 6.95. The number of aromatic nitrogens is 2. The van der Waals surface area contributed by atoms with E-state index in [2.05, 4.69) is 25.9 Å². The lowest BCUT2D eigenvalue weighted by Gasteiger charge is -2.06. The van der Waals surface area contributed by atoms with Crippen LogP contribution in [0.5, 0.6) is 11.6 Å². The largest absolute Gasteiger partial charge is 0.437 e. The number of nitrogens with one attached hydrogen (secondary N) is 1. The van der Waals surface area contributed by atoms with Crippen molar-refractivity contribution in [1.82, 2.24) is 9.97 Å². The lowest BCUT2D eigenvalue weighted by atomic mass is 10.1. The Kier molecular flexibility index (Phi) is 3.53. The highest BCUT2D eigenvalue weighted by atomic mass is 79.9. The fraction of sp³-hybridized carbons (Fsp3) is 0. The Bertz CT molecular complexity index is 818. The number of amidine groups is 1. The van der Waals surface area contributed by atoms with Crippen molar-refractivity contribution >= 4 is 32.5 Å². The Morgan fingerprint density at radius 3 is 2.52 bits per heavy atom. The van der Waals surface area contributed by atoms with Crippen LogP contribution in [0.3, 0.4) is 0 Å². The van der Waals surface area contributed by atoms with E-state index in [1.807, 2.05) is 36.4 Å². The standard InChI is InChI=1S/C15H11BrN4O/c16-11-3-1-10-6-12(4-2-9(10)5-11)21-14-8-19-13(7-20-14)15(17)18/h1-8H,(H3,17,18). The summed E-state index contributed by atoms with van der Waals surface area (Å²) in [6.45, 7) is 0. The number of nitrogens with two attached hydrogens (primary N) is 1. The molecule has 0 unspecified atom stereocenters. The van der Waals surface area contributed by atoms with Crippen molar-refractivity contribution in [2.24, 2.45) is 5.73 Å². The second kappa shape index (κ2) is 5.49. The molecule has 0 aliphatic rings. The van der Waals surface area contributed by atoms with Crippen LogP contribution in [-0.4, -0.2) is 15.8 Å². The number of nitrogen functional groups attached to an aromatic ring is 1. The van der Waals surface area contributed by atoms with Crippen molar-refractivity contribution in [3.05, 3.63) is 59.0 Å². The highest BCUT2D eigenvalue weighted by Gasteiger charge is 2.03. The molecule has 0 atom stereocenters. The summed E-state index contributed by atoms with van der Waals surface area (Å²) in [6, 6.07) is 11.8. The molecule has 6 heteroatoms. The van der Waals surface area contributed by atoms with Crippen LogP contribution in [-0.2, 0) is 0 Å². The quantitative estimate of drug-likeness (QED) is 0.563. The zero-order valence-corrected chi connectivity index (χ0v) is 12.5. The van der Waals surface area contributed by atoms with Gasteiger partial charge in [-0.25, -0.2) is 9.97 Å². The van der Waals surface area contributed by atoms with Crippen LogP contribution >= 0.6 is 15.9 Å². The molecule has 0 amide bonds. The summed E-state index contributed by atoms with van der Waals surface area (Å²) < 4.78 is 6.69. The molecule has 0 aliphatic carbocycles. The van der Waals surface area contributed by atoms with Crippen LogP contribution in [0.25, 0.3) is 10.8 Å². The third kappa shape index (κ3) is 3.00. The van der Waals surface area contributed by atoms with Crippen molar-refractivity contribution in [1.29, 1.82) is 5.41 Å². The Hall–Kier alpha value is -2.47. The van der Waals surface area contributed by atoms with Crippen LogP contribution in [0.1, 0.15) is 5.69 Å². The molecule has 1 aromatic heterocycles. The number of hydrogen-bond donors (Lipinski definition) is 2. The van der Waals surface area contributed by atoms with Gasteiger partial charge in [0, 0.05) is 4.47 Å².